The summed E-state index contributed by atoms with van der Waals surface area (Å²) < 4.78 is 0. The molecule has 0 saturated heterocycles. The standard InChI is InChI=1S/C8H18N.2C2H5.Al.2ClH/c1-6-9(7(2)3)8(4)5;2*1-2;;;/h6-8H,1-5H3;2*1H2,2H3;;2*1H. The quantitative estimate of drug-likeness (QED) is 0.654. The van der Waals surface area contributed by atoms with Crippen molar-refractivity contribution < 1.29 is 0 Å². The molecule has 0 fully saturated rings. The molecular formula is C12H30AlCl2N. The molecule has 1 atom stereocenters. The predicted octanol–water partition coefficient (Wildman–Crippen LogP) is 4.41. The zero-order chi connectivity index (χ0) is 11.3. The van der Waals surface area contributed by atoms with Gasteiger partial charge in [0.05, 0.1) is 0 Å². The van der Waals surface area contributed by atoms with Crippen LogP contribution in [0.1, 0.15) is 48.5 Å². The fourth-order valence-electron chi connectivity index (χ4n) is 2.75. The van der Waals surface area contributed by atoms with E-state index in [1.807, 2.05) is 0 Å². The fourth-order valence-corrected chi connectivity index (χ4v) is 5.87. The molecule has 0 bridgehead atoms. The lowest BCUT2D eigenvalue weighted by Gasteiger charge is -2.39. The Hall–Kier alpha value is 1.07. The molecule has 1 nitrogen and oxygen atoms in total. The highest BCUT2D eigenvalue weighted by molar-refractivity contribution is 6.60. The topological polar surface area (TPSA) is 3.24 Å². The molecule has 0 aromatic heterocycles. The highest BCUT2D eigenvalue weighted by atomic mass is 35.5. The summed E-state index contributed by atoms with van der Waals surface area (Å²) in [6, 6.07) is 1.39. The van der Waals surface area contributed by atoms with Crippen LogP contribution in [0.3, 0.4) is 0 Å². The molecule has 1 unspecified atom stereocenters. The molecule has 0 aromatic carbocycles. The molecule has 0 N–H and O–H groups in total. The van der Waals surface area contributed by atoms with E-state index < -0.39 is 14.1 Å². The van der Waals surface area contributed by atoms with E-state index in [1.165, 1.54) is 10.6 Å². The van der Waals surface area contributed by atoms with E-state index in [1.54, 1.807) is 0 Å². The van der Waals surface area contributed by atoms with Gasteiger partial charge < -0.3 is 4.90 Å². The third kappa shape index (κ3) is 6.72. The van der Waals surface area contributed by atoms with Crippen molar-refractivity contribution in [1.82, 2.24) is 4.90 Å². The van der Waals surface area contributed by atoms with Crippen LogP contribution in [0.15, 0.2) is 0 Å². The van der Waals surface area contributed by atoms with Crippen LogP contribution in [-0.2, 0) is 0 Å². The summed E-state index contributed by atoms with van der Waals surface area (Å²) >= 11 is -0.530. The maximum Gasteiger partial charge on any atom is 0.285 e. The first-order valence-corrected chi connectivity index (χ1v) is 8.53. The van der Waals surface area contributed by atoms with Gasteiger partial charge >= 0.3 is 0 Å². The average Bonchev–Trinajstić information content (AvgIpc) is 2.04. The maximum absolute atomic E-state index is 2.70. The molecule has 0 aliphatic carbocycles. The van der Waals surface area contributed by atoms with Gasteiger partial charge in [0, 0.05) is 12.1 Å². The Morgan fingerprint density at radius 2 is 1.12 bits per heavy atom. The summed E-state index contributed by atoms with van der Waals surface area (Å²) in [5, 5.41) is 2.88. The first-order valence-electron chi connectivity index (χ1n) is 6.23. The molecule has 0 heterocycles. The number of hydrogen-bond donors (Lipinski definition) is 0. The van der Waals surface area contributed by atoms with Gasteiger partial charge in [-0.1, -0.05) is 31.3 Å². The molecular weight excluding hydrogens is 256 g/mol. The summed E-state index contributed by atoms with van der Waals surface area (Å²) in [5.74, 6) is 0. The van der Waals surface area contributed by atoms with Crippen molar-refractivity contribution in [1.29, 1.82) is 0 Å². The van der Waals surface area contributed by atoms with Crippen LogP contribution >= 0.6 is 24.8 Å². The lowest BCUT2D eigenvalue weighted by Crippen LogP contribution is -2.50. The SMILES string of the molecule is C[CH2][Al]([CH2]C)[CH](C)N(C(C)C)C(C)C.Cl.Cl. The maximum atomic E-state index is 2.70. The normalized spacial score (nSPS) is 12.4. The van der Waals surface area contributed by atoms with Crippen molar-refractivity contribution in [3.8, 4) is 0 Å². The molecule has 100 valence electrons. The number of halogens is 2. The third-order valence-electron chi connectivity index (χ3n) is 3.39. The number of rotatable bonds is 6. The minimum absolute atomic E-state index is 0. The van der Waals surface area contributed by atoms with Crippen molar-refractivity contribution in [3.63, 3.8) is 0 Å². The van der Waals surface area contributed by atoms with Crippen molar-refractivity contribution in [2.75, 3.05) is 0 Å². The number of nitrogens with zero attached hydrogens (tertiary/aromatic N) is 1. The minimum Gasteiger partial charge on any atom is -0.309 e. The lowest BCUT2D eigenvalue weighted by atomic mass is 10.2. The van der Waals surface area contributed by atoms with E-state index >= 15 is 0 Å². The zero-order valence-electron chi connectivity index (χ0n) is 12.0. The molecule has 0 aliphatic rings. The Bertz CT molecular complexity index is 142. The Morgan fingerprint density at radius 1 is 0.812 bits per heavy atom. The van der Waals surface area contributed by atoms with Gasteiger partial charge in [-0.2, -0.15) is 0 Å². The molecule has 0 spiro atoms. The summed E-state index contributed by atoms with van der Waals surface area (Å²) in [6.07, 6.45) is 0. The van der Waals surface area contributed by atoms with Gasteiger partial charge in [-0.25, -0.2) is 0 Å². The van der Waals surface area contributed by atoms with Crippen LogP contribution in [0.5, 0.6) is 0 Å². The van der Waals surface area contributed by atoms with Crippen LogP contribution in [0.25, 0.3) is 0 Å². The largest absolute Gasteiger partial charge is 0.309 e. The van der Waals surface area contributed by atoms with Crippen LogP contribution < -0.4 is 0 Å². The van der Waals surface area contributed by atoms with Crippen molar-refractivity contribution in [2.45, 2.75) is 76.0 Å². The van der Waals surface area contributed by atoms with Gasteiger partial charge in [-0.3, -0.25) is 0 Å². The summed E-state index contributed by atoms with van der Waals surface area (Å²) in [4.78, 5) is 3.55. The van der Waals surface area contributed by atoms with E-state index in [4.69, 9.17) is 0 Å². The van der Waals surface area contributed by atoms with Crippen molar-refractivity contribution in [3.05, 3.63) is 0 Å². The van der Waals surface area contributed by atoms with Crippen molar-refractivity contribution >= 4 is 39.0 Å². The van der Waals surface area contributed by atoms with E-state index in [0.29, 0.717) is 12.1 Å². The summed E-state index contributed by atoms with van der Waals surface area (Å²) in [7, 11) is 0. The van der Waals surface area contributed by atoms with Gasteiger partial charge in [-0.15, -0.1) is 24.8 Å². The Morgan fingerprint density at radius 3 is 1.31 bits per heavy atom. The Balaban J connectivity index is -0.000000845. The number of hydrogen-bond acceptors (Lipinski definition) is 1. The molecule has 16 heavy (non-hydrogen) atoms. The molecule has 0 amide bonds. The highest BCUT2D eigenvalue weighted by Gasteiger charge is 2.28. The first kappa shape index (κ1) is 22.3. The Labute approximate surface area is 120 Å². The van der Waals surface area contributed by atoms with Gasteiger partial charge in [0.15, 0.2) is 0 Å². The van der Waals surface area contributed by atoms with Crippen LogP contribution in [-0.4, -0.2) is 36.0 Å². The summed E-state index contributed by atoms with van der Waals surface area (Å²) in [5.41, 5.74) is 0. The predicted molar refractivity (Wildman–Crippen MR) is 82.8 cm³/mol. The van der Waals surface area contributed by atoms with E-state index in [0.717, 1.165) is 4.90 Å². The van der Waals surface area contributed by atoms with Gasteiger partial charge in [0.25, 0.3) is 14.1 Å². The smallest absolute Gasteiger partial charge is 0.285 e. The molecule has 0 aliphatic heterocycles. The second kappa shape index (κ2) is 11.2. The lowest BCUT2D eigenvalue weighted by molar-refractivity contribution is 0.160. The second-order valence-corrected chi connectivity index (χ2v) is 9.07. The first-order chi connectivity index (χ1) is 6.45. The zero-order valence-corrected chi connectivity index (χ0v) is 14.8. The van der Waals surface area contributed by atoms with Crippen molar-refractivity contribution in [2.24, 2.45) is 0 Å². The molecule has 0 aromatic rings. The highest BCUT2D eigenvalue weighted by Crippen LogP contribution is 2.16. The van der Waals surface area contributed by atoms with Crippen LogP contribution in [0, 0.1) is 0 Å². The van der Waals surface area contributed by atoms with Gasteiger partial charge in [0.2, 0.25) is 0 Å². The summed E-state index contributed by atoms with van der Waals surface area (Å²) in [6.45, 7) is 16.5. The van der Waals surface area contributed by atoms with Gasteiger partial charge in [0.1, 0.15) is 0 Å². The van der Waals surface area contributed by atoms with E-state index in [-0.39, 0.29) is 24.8 Å². The van der Waals surface area contributed by atoms with Gasteiger partial charge in [-0.05, 0) is 32.6 Å². The third-order valence-corrected chi connectivity index (χ3v) is 7.20. The average molecular weight is 286 g/mol. The van der Waals surface area contributed by atoms with E-state index in [2.05, 4.69) is 53.4 Å². The monoisotopic (exact) mass is 285 g/mol. The Kier molecular flexibility index (Phi) is 15.6. The molecule has 4 heteroatoms. The molecule has 0 saturated carbocycles. The minimum atomic E-state index is -0.530. The molecule has 0 rings (SSSR count). The van der Waals surface area contributed by atoms with Crippen LogP contribution in [0.2, 0.25) is 10.6 Å². The fraction of sp³-hybridized carbons (Fsp3) is 1.00. The molecule has 0 radical (unpaired) electrons. The second-order valence-electron chi connectivity index (χ2n) is 4.95. The van der Waals surface area contributed by atoms with Crippen LogP contribution in [0.4, 0.5) is 0 Å². The van der Waals surface area contributed by atoms with E-state index in [9.17, 15) is 0 Å².